The van der Waals surface area contributed by atoms with Gasteiger partial charge < -0.3 is 20.1 Å². The minimum atomic E-state index is -0.553. The van der Waals surface area contributed by atoms with Gasteiger partial charge in [0.2, 0.25) is 5.95 Å². The Morgan fingerprint density at radius 2 is 1.90 bits per heavy atom. The topological polar surface area (TPSA) is 90.3 Å². The number of anilines is 2. The molecule has 4 aromatic rings. The number of nitrogens with one attached hydrogen (secondary N) is 2. The summed E-state index contributed by atoms with van der Waals surface area (Å²) in [4.78, 5) is 18.1. The third kappa shape index (κ3) is 5.86. The highest BCUT2D eigenvalue weighted by Gasteiger charge is 2.34. The molecule has 0 radical (unpaired) electrons. The SMILES string of the molecule is CCOc1cc(C2C(C(=O)Nc3cccc(C)c3)=C(C)Nc3ncnn32)cc(Br)c1OCc1cccc(Br)c1. The first kappa shape index (κ1) is 27.0. The lowest BCUT2D eigenvalue weighted by Crippen LogP contribution is -2.31. The van der Waals surface area contributed by atoms with E-state index in [4.69, 9.17) is 9.47 Å². The van der Waals surface area contributed by atoms with Crippen molar-refractivity contribution in [1.82, 2.24) is 14.8 Å². The van der Waals surface area contributed by atoms with E-state index in [1.807, 2.05) is 81.4 Å². The molecule has 1 unspecified atom stereocenters. The molecule has 5 rings (SSSR count). The summed E-state index contributed by atoms with van der Waals surface area (Å²) in [6, 6.07) is 18.9. The maximum atomic E-state index is 13.7. The molecule has 1 aromatic heterocycles. The van der Waals surface area contributed by atoms with Crippen molar-refractivity contribution < 1.29 is 14.3 Å². The summed E-state index contributed by atoms with van der Waals surface area (Å²) in [5.74, 6) is 1.46. The van der Waals surface area contributed by atoms with E-state index in [9.17, 15) is 4.79 Å². The fraction of sp³-hybridized carbons (Fsp3) is 0.207. The largest absolute Gasteiger partial charge is 0.490 e. The van der Waals surface area contributed by atoms with Crippen molar-refractivity contribution in [3.63, 3.8) is 0 Å². The quantitative estimate of drug-likeness (QED) is 0.213. The van der Waals surface area contributed by atoms with Crippen LogP contribution in [0, 0.1) is 6.92 Å². The normalized spacial score (nSPS) is 14.4. The standard InChI is InChI=1S/C29H27Br2N5O3/c1-4-38-24-14-20(13-23(31)27(24)39-15-19-8-6-9-21(30)12-19)26-25(18(3)34-29-32-16-33-36(26)29)28(37)35-22-10-5-7-17(2)11-22/h5-14,16,26H,4,15H2,1-3H3,(H,35,37)(H,32,33,34). The van der Waals surface area contributed by atoms with E-state index in [2.05, 4.69) is 52.6 Å². The smallest absolute Gasteiger partial charge is 0.255 e. The molecular formula is C29H27Br2N5O3. The fourth-order valence-electron chi connectivity index (χ4n) is 4.55. The predicted molar refractivity (Wildman–Crippen MR) is 158 cm³/mol. The zero-order chi connectivity index (χ0) is 27.5. The van der Waals surface area contributed by atoms with Gasteiger partial charge in [-0.25, -0.2) is 4.68 Å². The van der Waals surface area contributed by atoms with Gasteiger partial charge in [0.25, 0.3) is 5.91 Å². The van der Waals surface area contributed by atoms with E-state index >= 15 is 0 Å². The summed E-state index contributed by atoms with van der Waals surface area (Å²) >= 11 is 7.20. The van der Waals surface area contributed by atoms with Gasteiger partial charge in [0.05, 0.1) is 16.7 Å². The molecule has 1 aliphatic heterocycles. The maximum absolute atomic E-state index is 13.7. The van der Waals surface area contributed by atoms with Gasteiger partial charge in [-0.05, 0) is 89.8 Å². The Labute approximate surface area is 243 Å². The molecule has 10 heteroatoms. The Bertz CT molecular complexity index is 1570. The first-order valence-electron chi connectivity index (χ1n) is 12.4. The van der Waals surface area contributed by atoms with Gasteiger partial charge in [0.1, 0.15) is 19.0 Å². The minimum Gasteiger partial charge on any atom is -0.490 e. The molecule has 39 heavy (non-hydrogen) atoms. The highest BCUT2D eigenvalue weighted by atomic mass is 79.9. The number of aromatic nitrogens is 3. The number of carbonyl (C=O) groups is 1. The van der Waals surface area contributed by atoms with Crippen LogP contribution in [0.15, 0.2) is 87.2 Å². The van der Waals surface area contributed by atoms with E-state index in [0.29, 0.717) is 46.4 Å². The summed E-state index contributed by atoms with van der Waals surface area (Å²) < 4.78 is 15.6. The van der Waals surface area contributed by atoms with Crippen LogP contribution in [-0.2, 0) is 11.4 Å². The molecule has 1 atom stereocenters. The highest BCUT2D eigenvalue weighted by molar-refractivity contribution is 9.10. The highest BCUT2D eigenvalue weighted by Crippen LogP contribution is 2.43. The van der Waals surface area contributed by atoms with Crippen molar-refractivity contribution in [1.29, 1.82) is 0 Å². The number of allylic oxidation sites excluding steroid dienone is 1. The number of hydrogen-bond acceptors (Lipinski definition) is 6. The average Bonchev–Trinajstić information content (AvgIpc) is 3.35. The molecule has 0 saturated heterocycles. The predicted octanol–water partition coefficient (Wildman–Crippen LogP) is 7.02. The van der Waals surface area contributed by atoms with Crippen LogP contribution in [-0.4, -0.2) is 27.3 Å². The van der Waals surface area contributed by atoms with Gasteiger partial charge >= 0.3 is 0 Å². The van der Waals surface area contributed by atoms with Crippen molar-refractivity contribution in [2.24, 2.45) is 0 Å². The summed E-state index contributed by atoms with van der Waals surface area (Å²) in [5, 5.41) is 10.7. The second-order valence-corrected chi connectivity index (χ2v) is 10.9. The molecule has 0 aliphatic carbocycles. The van der Waals surface area contributed by atoms with Crippen molar-refractivity contribution >= 4 is 49.4 Å². The van der Waals surface area contributed by atoms with E-state index < -0.39 is 6.04 Å². The number of carbonyl (C=O) groups excluding carboxylic acids is 1. The van der Waals surface area contributed by atoms with Crippen LogP contribution in [0.2, 0.25) is 0 Å². The number of hydrogen-bond donors (Lipinski definition) is 2. The summed E-state index contributed by atoms with van der Waals surface area (Å²) in [7, 11) is 0. The van der Waals surface area contributed by atoms with Crippen LogP contribution in [0.4, 0.5) is 11.6 Å². The fourth-order valence-corrected chi connectivity index (χ4v) is 5.57. The zero-order valence-electron chi connectivity index (χ0n) is 21.7. The molecule has 0 spiro atoms. The lowest BCUT2D eigenvalue weighted by atomic mass is 9.94. The molecule has 3 aromatic carbocycles. The lowest BCUT2D eigenvalue weighted by Gasteiger charge is -2.29. The molecule has 2 N–H and O–H groups in total. The first-order valence-corrected chi connectivity index (χ1v) is 14.0. The summed E-state index contributed by atoms with van der Waals surface area (Å²) in [6.45, 7) is 6.58. The lowest BCUT2D eigenvalue weighted by molar-refractivity contribution is -0.113. The van der Waals surface area contributed by atoms with E-state index in [0.717, 1.165) is 26.9 Å². The van der Waals surface area contributed by atoms with Gasteiger partial charge in [-0.3, -0.25) is 4.79 Å². The molecule has 0 bridgehead atoms. The van der Waals surface area contributed by atoms with Crippen molar-refractivity contribution in [3.05, 3.63) is 104 Å². The van der Waals surface area contributed by atoms with Crippen molar-refractivity contribution in [2.45, 2.75) is 33.4 Å². The third-order valence-corrected chi connectivity index (χ3v) is 7.32. The Hall–Kier alpha value is -3.63. The van der Waals surface area contributed by atoms with Crippen LogP contribution in [0.25, 0.3) is 0 Å². The number of ether oxygens (including phenoxy) is 2. The number of amides is 1. The third-order valence-electron chi connectivity index (χ3n) is 6.23. The molecule has 0 saturated carbocycles. The van der Waals surface area contributed by atoms with Crippen LogP contribution >= 0.6 is 31.9 Å². The molecule has 200 valence electrons. The minimum absolute atomic E-state index is 0.235. The van der Waals surface area contributed by atoms with E-state index in [-0.39, 0.29) is 5.91 Å². The number of fused-ring (bicyclic) bond motifs is 1. The average molecular weight is 653 g/mol. The molecule has 8 nitrogen and oxygen atoms in total. The van der Waals surface area contributed by atoms with Gasteiger partial charge in [0.15, 0.2) is 11.5 Å². The molecule has 2 heterocycles. The second kappa shape index (κ2) is 11.6. The summed E-state index contributed by atoms with van der Waals surface area (Å²) in [5.41, 5.74) is 4.79. The van der Waals surface area contributed by atoms with Crippen molar-refractivity contribution in [3.8, 4) is 11.5 Å². The Kier molecular flexibility index (Phi) is 8.04. The van der Waals surface area contributed by atoms with Gasteiger partial charge in [-0.2, -0.15) is 10.1 Å². The zero-order valence-corrected chi connectivity index (χ0v) is 24.8. The van der Waals surface area contributed by atoms with Crippen LogP contribution in [0.3, 0.4) is 0 Å². The van der Waals surface area contributed by atoms with Crippen LogP contribution < -0.4 is 20.1 Å². The van der Waals surface area contributed by atoms with Crippen LogP contribution in [0.5, 0.6) is 11.5 Å². The van der Waals surface area contributed by atoms with Crippen molar-refractivity contribution in [2.75, 3.05) is 17.2 Å². The van der Waals surface area contributed by atoms with Gasteiger partial charge in [-0.15, -0.1) is 0 Å². The number of nitrogens with zero attached hydrogens (tertiary/aromatic N) is 3. The number of aryl methyl sites for hydroxylation is 1. The maximum Gasteiger partial charge on any atom is 0.255 e. The number of rotatable bonds is 8. The van der Waals surface area contributed by atoms with E-state index in [1.54, 1.807) is 4.68 Å². The summed E-state index contributed by atoms with van der Waals surface area (Å²) in [6.07, 6.45) is 1.47. The molecular weight excluding hydrogens is 626 g/mol. The first-order chi connectivity index (χ1) is 18.8. The number of benzene rings is 3. The monoisotopic (exact) mass is 651 g/mol. The molecule has 1 aliphatic rings. The number of halogens is 2. The van der Waals surface area contributed by atoms with Crippen LogP contribution in [0.1, 0.15) is 36.6 Å². The second-order valence-electron chi connectivity index (χ2n) is 9.10. The Morgan fingerprint density at radius 3 is 2.67 bits per heavy atom. The molecule has 1 amide bonds. The van der Waals surface area contributed by atoms with Gasteiger partial charge in [-0.1, -0.05) is 40.2 Å². The van der Waals surface area contributed by atoms with Gasteiger partial charge in [0, 0.05) is 15.9 Å². The molecule has 0 fully saturated rings. The Balaban J connectivity index is 1.53. The Morgan fingerprint density at radius 1 is 1.08 bits per heavy atom. The van der Waals surface area contributed by atoms with E-state index in [1.165, 1.54) is 6.33 Å².